The molecule has 1 spiro atoms. The fourth-order valence-electron chi connectivity index (χ4n) is 12.0. The number of rotatable bonds is 7. The number of hydrogen-bond donors (Lipinski definition) is 2. The van der Waals surface area contributed by atoms with Gasteiger partial charge in [0.05, 0.1) is 31.8 Å². The molecule has 0 aromatic carbocycles. The molecular weight excluding hydrogens is 632 g/mol. The third kappa shape index (κ3) is 4.00. The van der Waals surface area contributed by atoms with Crippen molar-refractivity contribution in [2.45, 2.75) is 135 Å². The average Bonchev–Trinajstić information content (AvgIpc) is 3.69. The predicted octanol–water partition coefficient (Wildman–Crippen LogP) is 5.24. The first-order valence-electron chi connectivity index (χ1n) is 17.9. The molecule has 14 atom stereocenters. The average molecular weight is 687 g/mol. The van der Waals surface area contributed by atoms with E-state index in [2.05, 4.69) is 6.92 Å². The molecule has 11 heteroatoms. The molecule has 3 saturated carbocycles. The second-order valence-corrected chi connectivity index (χ2v) is 17.0. The molecule has 3 aliphatic carbocycles. The number of allylic oxidation sites excluding steroid dienone is 1. The predicted molar refractivity (Wildman–Crippen MR) is 174 cm³/mol. The summed E-state index contributed by atoms with van der Waals surface area (Å²) in [5.74, 6) is -4.33. The monoisotopic (exact) mass is 686 g/mol. The first-order chi connectivity index (χ1) is 22.9. The number of esters is 2. The van der Waals surface area contributed by atoms with Gasteiger partial charge in [-0.25, -0.2) is 4.79 Å². The van der Waals surface area contributed by atoms with Gasteiger partial charge in [0.1, 0.15) is 23.4 Å². The molecule has 0 amide bonds. The van der Waals surface area contributed by atoms with E-state index in [1.807, 2.05) is 40.7 Å². The van der Waals surface area contributed by atoms with E-state index in [4.69, 9.17) is 32.8 Å². The maximum absolute atomic E-state index is 13.8. The number of hydrogen-bond acceptors (Lipinski definition) is 11. The Balaban J connectivity index is 1.54. The van der Waals surface area contributed by atoms with E-state index in [0.29, 0.717) is 31.4 Å². The number of carbonyl (C=O) groups excluding carboxylic acids is 2. The van der Waals surface area contributed by atoms with Crippen LogP contribution in [0.5, 0.6) is 0 Å². The Bertz CT molecular complexity index is 1530. The molecule has 11 nitrogen and oxygen atoms in total. The van der Waals surface area contributed by atoms with Crippen LogP contribution in [0.2, 0.25) is 0 Å². The molecule has 49 heavy (non-hydrogen) atoms. The number of carbonyl (C=O) groups is 2. The molecule has 3 aliphatic heterocycles. The number of furan rings is 1. The van der Waals surface area contributed by atoms with Gasteiger partial charge < -0.3 is 43.1 Å². The van der Waals surface area contributed by atoms with Crippen LogP contribution in [0.1, 0.15) is 99.7 Å². The Morgan fingerprint density at radius 2 is 1.86 bits per heavy atom. The van der Waals surface area contributed by atoms with Crippen LogP contribution in [0.15, 0.2) is 34.7 Å². The maximum atomic E-state index is 13.8. The standard InChI is InChI=1S/C38H54O11/c1-11-20(3)29(40)46-30-32(5,6)25(17-26(39)43-10)34(8)27-23-18-33(7)24(14-16-45-28(33)22-13-15-44-19-22)36(27)31(37(30,42)35(34,9)41)48-38(47-23,49-36)21(4)12-2/h11,13,15,19,21,23-25,27-28,30-31,41-42H,12,14,16-18H2,1-10H3/b20-11+/t21?,23-,24?,25+,27?,28+,30+,31+,33-,34-,35?,36+,37-,38?/m1/s1. The minimum atomic E-state index is -2.22. The van der Waals surface area contributed by atoms with Gasteiger partial charge in [0.25, 0.3) is 5.97 Å². The molecule has 272 valence electrons. The molecule has 1 aromatic heterocycles. The summed E-state index contributed by atoms with van der Waals surface area (Å²) < 4.78 is 45.4. The Hall–Kier alpha value is -2.28. The molecule has 7 rings (SSSR count). The summed E-state index contributed by atoms with van der Waals surface area (Å²) in [6, 6.07) is 1.92. The van der Waals surface area contributed by atoms with Gasteiger partial charge in [-0.05, 0) is 52.0 Å². The summed E-state index contributed by atoms with van der Waals surface area (Å²) in [7, 11) is 1.34. The van der Waals surface area contributed by atoms with Gasteiger partial charge >= 0.3 is 11.9 Å². The number of aliphatic hydroxyl groups is 2. The fraction of sp³-hybridized carbons (Fsp3) is 0.789. The second kappa shape index (κ2) is 10.9. The lowest BCUT2D eigenvalue weighted by Gasteiger charge is -2.79. The van der Waals surface area contributed by atoms with Gasteiger partial charge in [-0.1, -0.05) is 47.6 Å². The Morgan fingerprint density at radius 1 is 1.14 bits per heavy atom. The minimum absolute atomic E-state index is 0.0904. The Morgan fingerprint density at radius 3 is 2.47 bits per heavy atom. The Labute approximate surface area is 289 Å². The SMILES string of the molecule is C/C=C(\C)C(=O)O[C@H]1C(C)(C)[C@H](CC(=O)OC)[C@]2(C)C3[C@H]4C[C@]5(C)C(CCO[C@H]5c5ccoc5)[C@]35OC(C(C)CC)(O4)O[C@@H]5[C@@]1(O)C2(C)O. The van der Waals surface area contributed by atoms with Gasteiger partial charge in [-0.15, -0.1) is 0 Å². The van der Waals surface area contributed by atoms with Crippen LogP contribution < -0.4 is 0 Å². The highest BCUT2D eigenvalue weighted by Gasteiger charge is 2.93. The van der Waals surface area contributed by atoms with E-state index in [9.17, 15) is 19.8 Å². The summed E-state index contributed by atoms with van der Waals surface area (Å²) in [6.07, 6.45) is 3.30. The van der Waals surface area contributed by atoms with E-state index >= 15 is 0 Å². The van der Waals surface area contributed by atoms with Crippen molar-refractivity contribution in [3.63, 3.8) is 0 Å². The van der Waals surface area contributed by atoms with E-state index in [1.54, 1.807) is 39.4 Å². The van der Waals surface area contributed by atoms with Crippen LogP contribution in [0.25, 0.3) is 0 Å². The summed E-state index contributed by atoms with van der Waals surface area (Å²) >= 11 is 0. The van der Waals surface area contributed by atoms with Crippen molar-refractivity contribution in [3.05, 3.63) is 35.8 Å². The third-order valence-corrected chi connectivity index (χ3v) is 14.7. The minimum Gasteiger partial charge on any atom is -0.472 e. The molecule has 5 bridgehead atoms. The third-order valence-electron chi connectivity index (χ3n) is 14.7. The van der Waals surface area contributed by atoms with Gasteiger partial charge in [-0.2, -0.15) is 0 Å². The van der Waals surface area contributed by atoms with E-state index in [1.165, 1.54) is 7.11 Å². The molecule has 5 unspecified atom stereocenters. The summed E-state index contributed by atoms with van der Waals surface area (Å²) in [4.78, 5) is 27.1. The largest absolute Gasteiger partial charge is 0.472 e. The lowest BCUT2D eigenvalue weighted by Crippen LogP contribution is -2.92. The maximum Gasteiger partial charge on any atom is 0.333 e. The molecule has 1 aromatic rings. The van der Waals surface area contributed by atoms with Gasteiger partial charge in [0.15, 0.2) is 5.60 Å². The second-order valence-electron chi connectivity index (χ2n) is 17.0. The summed E-state index contributed by atoms with van der Waals surface area (Å²) in [6.45, 7) is 17.4. The quantitative estimate of drug-likeness (QED) is 0.287. The highest BCUT2D eigenvalue weighted by atomic mass is 16.9. The van der Waals surface area contributed by atoms with E-state index in [0.717, 1.165) is 5.56 Å². The molecular formula is C38H54O11. The first kappa shape index (κ1) is 35.1. The van der Waals surface area contributed by atoms with E-state index in [-0.39, 0.29) is 24.4 Å². The molecule has 6 fully saturated rings. The highest BCUT2D eigenvalue weighted by molar-refractivity contribution is 5.88. The Kier molecular flexibility index (Phi) is 7.79. The van der Waals surface area contributed by atoms with E-state index < -0.39 is 81.1 Å². The zero-order chi connectivity index (χ0) is 35.7. The lowest BCUT2D eigenvalue weighted by atomic mass is 9.30. The van der Waals surface area contributed by atoms with Crippen molar-refractivity contribution in [1.82, 2.24) is 0 Å². The zero-order valence-electron chi connectivity index (χ0n) is 30.5. The molecule has 0 radical (unpaired) electrons. The summed E-state index contributed by atoms with van der Waals surface area (Å²) in [5.41, 5.74) is -7.05. The van der Waals surface area contributed by atoms with Crippen LogP contribution in [0.3, 0.4) is 0 Å². The van der Waals surface area contributed by atoms with Crippen molar-refractivity contribution in [2.24, 2.45) is 39.9 Å². The van der Waals surface area contributed by atoms with Crippen LogP contribution >= 0.6 is 0 Å². The van der Waals surface area contributed by atoms with Gasteiger partial charge in [-0.3, -0.25) is 4.79 Å². The first-order valence-corrected chi connectivity index (χ1v) is 17.9. The zero-order valence-corrected chi connectivity index (χ0v) is 30.5. The van der Waals surface area contributed by atoms with Crippen LogP contribution in [-0.2, 0) is 38.0 Å². The van der Waals surface area contributed by atoms with Crippen LogP contribution in [0, 0.1) is 39.9 Å². The normalized spacial score (nSPS) is 49.9. The number of ether oxygens (including phenoxy) is 6. The van der Waals surface area contributed by atoms with Crippen molar-refractivity contribution in [3.8, 4) is 0 Å². The van der Waals surface area contributed by atoms with Crippen molar-refractivity contribution >= 4 is 11.9 Å². The topological polar surface area (TPSA) is 143 Å². The molecule has 4 heterocycles. The fourth-order valence-corrected chi connectivity index (χ4v) is 12.0. The van der Waals surface area contributed by atoms with Crippen LogP contribution in [-0.4, -0.2) is 77.0 Å². The van der Waals surface area contributed by atoms with Crippen molar-refractivity contribution < 1.29 is 52.6 Å². The summed E-state index contributed by atoms with van der Waals surface area (Å²) in [5, 5.41) is 27.0. The number of fused-ring (bicyclic) bond motifs is 5. The lowest BCUT2D eigenvalue weighted by molar-refractivity contribution is -0.472. The molecule has 3 saturated heterocycles. The van der Waals surface area contributed by atoms with Crippen molar-refractivity contribution in [2.75, 3.05) is 13.7 Å². The number of methoxy groups -OCH3 is 1. The van der Waals surface area contributed by atoms with Gasteiger partial charge in [0.2, 0.25) is 0 Å². The molecule has 6 aliphatic rings. The van der Waals surface area contributed by atoms with Crippen LogP contribution in [0.4, 0.5) is 0 Å². The highest BCUT2D eigenvalue weighted by Crippen LogP contribution is 2.81. The van der Waals surface area contributed by atoms with Gasteiger partial charge in [0, 0.05) is 58.2 Å². The van der Waals surface area contributed by atoms with Crippen molar-refractivity contribution in [1.29, 1.82) is 0 Å². The smallest absolute Gasteiger partial charge is 0.333 e. The molecule has 2 N–H and O–H groups in total.